The highest BCUT2D eigenvalue weighted by molar-refractivity contribution is 7.99. The van der Waals surface area contributed by atoms with Gasteiger partial charge in [-0.25, -0.2) is 4.39 Å². The Kier molecular flexibility index (Phi) is 7.64. The van der Waals surface area contributed by atoms with Crippen LogP contribution < -0.4 is 5.32 Å². The van der Waals surface area contributed by atoms with Crippen LogP contribution in [0.3, 0.4) is 0 Å². The van der Waals surface area contributed by atoms with Gasteiger partial charge in [-0.2, -0.15) is 5.26 Å². The molecule has 0 aliphatic heterocycles. The maximum absolute atomic E-state index is 12.8. The first-order valence-corrected chi connectivity index (χ1v) is 8.13. The van der Waals surface area contributed by atoms with Crippen molar-refractivity contribution >= 4 is 11.8 Å². The molecule has 0 aliphatic rings. The Morgan fingerprint density at radius 3 is 2.60 bits per heavy atom. The monoisotopic (exact) mass is 294 g/mol. The quantitative estimate of drug-likeness (QED) is 0.542. The SMILES string of the molecule is CCCNC(C)(C#N)CCCCSc1ccc(F)cc1. The Labute approximate surface area is 125 Å². The molecule has 1 aromatic rings. The molecule has 1 atom stereocenters. The number of halogens is 1. The second-order valence-corrected chi connectivity index (χ2v) is 6.30. The Morgan fingerprint density at radius 1 is 1.30 bits per heavy atom. The second kappa shape index (κ2) is 8.99. The van der Waals surface area contributed by atoms with E-state index in [1.54, 1.807) is 11.8 Å². The van der Waals surface area contributed by atoms with Crippen LogP contribution in [0.2, 0.25) is 0 Å². The number of nitrogens with zero attached hydrogens (tertiary/aromatic N) is 1. The largest absolute Gasteiger partial charge is 0.300 e. The van der Waals surface area contributed by atoms with Crippen molar-refractivity contribution in [2.45, 2.75) is 50.0 Å². The smallest absolute Gasteiger partial charge is 0.123 e. The molecule has 0 aromatic heterocycles. The number of nitrogens with one attached hydrogen (secondary N) is 1. The lowest BCUT2D eigenvalue weighted by molar-refractivity contribution is 0.406. The minimum atomic E-state index is -0.406. The molecule has 1 unspecified atom stereocenters. The van der Waals surface area contributed by atoms with Gasteiger partial charge in [-0.05, 0) is 69.2 Å². The Morgan fingerprint density at radius 2 is 2.00 bits per heavy atom. The van der Waals surface area contributed by atoms with E-state index in [0.717, 1.165) is 42.9 Å². The number of nitriles is 1. The highest BCUT2D eigenvalue weighted by Crippen LogP contribution is 2.21. The zero-order chi connectivity index (χ0) is 14.8. The molecule has 0 radical (unpaired) electrons. The van der Waals surface area contributed by atoms with Crippen LogP contribution in [-0.2, 0) is 0 Å². The molecular weight excluding hydrogens is 271 g/mol. The average Bonchev–Trinajstić information content (AvgIpc) is 2.47. The lowest BCUT2D eigenvalue weighted by Crippen LogP contribution is -2.41. The molecule has 2 nitrogen and oxygen atoms in total. The van der Waals surface area contributed by atoms with Gasteiger partial charge in [-0.3, -0.25) is 5.32 Å². The normalized spacial score (nSPS) is 13.7. The molecule has 110 valence electrons. The summed E-state index contributed by atoms with van der Waals surface area (Å²) in [7, 11) is 0. The molecule has 0 saturated heterocycles. The van der Waals surface area contributed by atoms with Crippen molar-refractivity contribution in [3.05, 3.63) is 30.1 Å². The van der Waals surface area contributed by atoms with E-state index in [2.05, 4.69) is 18.3 Å². The van der Waals surface area contributed by atoms with Crippen molar-refractivity contribution < 1.29 is 4.39 Å². The summed E-state index contributed by atoms with van der Waals surface area (Å²) in [5, 5.41) is 12.5. The van der Waals surface area contributed by atoms with E-state index >= 15 is 0 Å². The van der Waals surface area contributed by atoms with Crippen molar-refractivity contribution in [3.8, 4) is 6.07 Å². The van der Waals surface area contributed by atoms with Gasteiger partial charge in [0, 0.05) is 4.90 Å². The maximum Gasteiger partial charge on any atom is 0.123 e. The lowest BCUT2D eigenvalue weighted by Gasteiger charge is -2.22. The van der Waals surface area contributed by atoms with Crippen LogP contribution in [0.1, 0.15) is 39.5 Å². The van der Waals surface area contributed by atoms with Crippen molar-refractivity contribution in [3.63, 3.8) is 0 Å². The van der Waals surface area contributed by atoms with E-state index in [4.69, 9.17) is 0 Å². The maximum atomic E-state index is 12.8. The molecule has 0 fully saturated rings. The minimum absolute atomic E-state index is 0.193. The zero-order valence-corrected chi connectivity index (χ0v) is 13.1. The predicted octanol–water partition coefficient (Wildman–Crippen LogP) is 4.37. The number of hydrogen-bond donors (Lipinski definition) is 1. The molecule has 0 aliphatic carbocycles. The van der Waals surface area contributed by atoms with Gasteiger partial charge in [0.1, 0.15) is 11.4 Å². The number of hydrogen-bond acceptors (Lipinski definition) is 3. The van der Waals surface area contributed by atoms with Crippen molar-refractivity contribution in [2.24, 2.45) is 0 Å². The summed E-state index contributed by atoms with van der Waals surface area (Å²) >= 11 is 1.74. The summed E-state index contributed by atoms with van der Waals surface area (Å²) < 4.78 is 12.8. The highest BCUT2D eigenvalue weighted by Gasteiger charge is 2.21. The van der Waals surface area contributed by atoms with Gasteiger partial charge in [0.15, 0.2) is 0 Å². The van der Waals surface area contributed by atoms with Gasteiger partial charge < -0.3 is 0 Å². The van der Waals surface area contributed by atoms with Gasteiger partial charge in [-0.15, -0.1) is 11.8 Å². The Bertz CT molecular complexity index is 427. The molecule has 0 amide bonds. The first kappa shape index (κ1) is 17.0. The van der Waals surface area contributed by atoms with E-state index in [-0.39, 0.29) is 5.82 Å². The van der Waals surface area contributed by atoms with E-state index in [0.29, 0.717) is 0 Å². The molecule has 0 spiro atoms. The summed E-state index contributed by atoms with van der Waals surface area (Å²) in [5.74, 6) is 0.808. The van der Waals surface area contributed by atoms with Crippen molar-refractivity contribution in [1.82, 2.24) is 5.32 Å². The molecule has 1 aromatic carbocycles. The van der Waals surface area contributed by atoms with Crippen LogP contribution in [0, 0.1) is 17.1 Å². The van der Waals surface area contributed by atoms with Crippen molar-refractivity contribution in [1.29, 1.82) is 5.26 Å². The van der Waals surface area contributed by atoms with E-state index in [9.17, 15) is 9.65 Å². The third-order valence-electron chi connectivity index (χ3n) is 3.17. The first-order chi connectivity index (χ1) is 9.59. The van der Waals surface area contributed by atoms with Crippen LogP contribution in [0.25, 0.3) is 0 Å². The Balaban J connectivity index is 2.21. The summed E-state index contributed by atoms with van der Waals surface area (Å²) in [4.78, 5) is 1.10. The first-order valence-electron chi connectivity index (χ1n) is 7.14. The average molecular weight is 294 g/mol. The molecule has 0 heterocycles. The fourth-order valence-corrected chi connectivity index (χ4v) is 2.80. The Hall–Kier alpha value is -1.05. The predicted molar refractivity (Wildman–Crippen MR) is 83.3 cm³/mol. The van der Waals surface area contributed by atoms with Crippen LogP contribution in [0.5, 0.6) is 0 Å². The molecule has 4 heteroatoms. The minimum Gasteiger partial charge on any atom is -0.300 e. The molecule has 1 rings (SSSR count). The van der Waals surface area contributed by atoms with E-state index in [1.807, 2.05) is 19.1 Å². The van der Waals surface area contributed by atoms with Gasteiger partial charge in [-0.1, -0.05) is 6.92 Å². The lowest BCUT2D eigenvalue weighted by atomic mass is 9.96. The van der Waals surface area contributed by atoms with Gasteiger partial charge in [0.05, 0.1) is 6.07 Å². The fraction of sp³-hybridized carbons (Fsp3) is 0.562. The summed E-state index contributed by atoms with van der Waals surface area (Å²) in [6.07, 6.45) is 3.99. The van der Waals surface area contributed by atoms with Crippen LogP contribution >= 0.6 is 11.8 Å². The molecule has 0 bridgehead atoms. The third kappa shape index (κ3) is 6.40. The molecule has 1 N–H and O–H groups in total. The van der Waals surface area contributed by atoms with Crippen LogP contribution in [0.15, 0.2) is 29.2 Å². The molecule has 0 saturated carbocycles. The van der Waals surface area contributed by atoms with Gasteiger partial charge >= 0.3 is 0 Å². The zero-order valence-electron chi connectivity index (χ0n) is 12.3. The third-order valence-corrected chi connectivity index (χ3v) is 4.26. The van der Waals surface area contributed by atoms with Crippen LogP contribution in [-0.4, -0.2) is 17.8 Å². The standard InChI is InChI=1S/C16H23FN2S/c1-3-11-19-16(2,13-18)10-4-5-12-20-15-8-6-14(17)7-9-15/h6-9,19H,3-5,10-12H2,1-2H3. The topological polar surface area (TPSA) is 35.8 Å². The van der Waals surface area contributed by atoms with E-state index in [1.165, 1.54) is 12.1 Å². The number of benzene rings is 1. The summed E-state index contributed by atoms with van der Waals surface area (Å²) in [5.41, 5.74) is -0.406. The van der Waals surface area contributed by atoms with Crippen molar-refractivity contribution in [2.75, 3.05) is 12.3 Å². The van der Waals surface area contributed by atoms with E-state index < -0.39 is 5.54 Å². The summed E-state index contributed by atoms with van der Waals surface area (Å²) in [6.45, 7) is 4.95. The van der Waals surface area contributed by atoms with Gasteiger partial charge in [0.25, 0.3) is 0 Å². The van der Waals surface area contributed by atoms with Gasteiger partial charge in [0.2, 0.25) is 0 Å². The summed E-state index contributed by atoms with van der Waals surface area (Å²) in [6, 6.07) is 8.96. The number of rotatable bonds is 9. The second-order valence-electron chi connectivity index (χ2n) is 5.13. The van der Waals surface area contributed by atoms with Crippen LogP contribution in [0.4, 0.5) is 4.39 Å². The highest BCUT2D eigenvalue weighted by atomic mass is 32.2. The fourth-order valence-electron chi connectivity index (χ4n) is 1.89. The molecule has 20 heavy (non-hydrogen) atoms. The number of thioether (sulfide) groups is 1. The molecular formula is C16H23FN2S. The number of unbranched alkanes of at least 4 members (excludes halogenated alkanes) is 1.